The summed E-state index contributed by atoms with van der Waals surface area (Å²) >= 11 is 3.19. The first-order valence-electron chi connectivity index (χ1n) is 8.30. The fourth-order valence-electron chi connectivity index (χ4n) is 3.52. The smallest absolute Gasteiger partial charge is 0.410 e. The SMILES string of the molecule is C[C@@H]1CN(C(=O)OC(C)(C)C)C[C@H]2Cc3cc(Br)c(C(F)F)nc3N21. The summed E-state index contributed by atoms with van der Waals surface area (Å²) in [6.07, 6.45) is -2.29. The Kier molecular flexibility index (Phi) is 4.68. The van der Waals surface area contributed by atoms with Gasteiger partial charge in [0.05, 0.1) is 6.04 Å². The number of piperazine rings is 1. The summed E-state index contributed by atoms with van der Waals surface area (Å²) in [6.45, 7) is 8.46. The molecule has 1 aromatic rings. The molecule has 3 rings (SSSR count). The van der Waals surface area contributed by atoms with Gasteiger partial charge in [-0.15, -0.1) is 0 Å². The first-order valence-corrected chi connectivity index (χ1v) is 9.10. The van der Waals surface area contributed by atoms with Crippen LogP contribution in [0.5, 0.6) is 0 Å². The molecule has 1 fully saturated rings. The summed E-state index contributed by atoms with van der Waals surface area (Å²) in [7, 11) is 0. The number of aromatic nitrogens is 1. The van der Waals surface area contributed by atoms with E-state index in [2.05, 4.69) is 25.8 Å². The second kappa shape index (κ2) is 6.37. The molecule has 138 valence electrons. The maximum atomic E-state index is 13.2. The number of rotatable bonds is 1. The van der Waals surface area contributed by atoms with E-state index in [1.165, 1.54) is 0 Å². The number of pyridine rings is 1. The highest BCUT2D eigenvalue weighted by atomic mass is 79.9. The first kappa shape index (κ1) is 18.4. The van der Waals surface area contributed by atoms with Crippen molar-refractivity contribution in [2.45, 2.75) is 58.2 Å². The Morgan fingerprint density at radius 2 is 2.08 bits per heavy atom. The number of ether oxygens (including phenoxy) is 1. The first-order chi connectivity index (χ1) is 11.6. The van der Waals surface area contributed by atoms with Gasteiger partial charge in [-0.25, -0.2) is 18.6 Å². The van der Waals surface area contributed by atoms with Gasteiger partial charge >= 0.3 is 6.09 Å². The highest BCUT2D eigenvalue weighted by Crippen LogP contribution is 2.39. The molecule has 0 N–H and O–H groups in total. The van der Waals surface area contributed by atoms with Gasteiger partial charge in [0.15, 0.2) is 0 Å². The standard InChI is InChI=1S/C17H22BrF2N3O2/c1-9-7-22(16(24)25-17(2,3)4)8-11-5-10-6-12(18)13(14(19)20)21-15(10)23(9)11/h6,9,11,14H,5,7-8H2,1-4H3/t9-,11-/m1/s1. The topological polar surface area (TPSA) is 45.7 Å². The van der Waals surface area contributed by atoms with E-state index in [9.17, 15) is 13.6 Å². The lowest BCUT2D eigenvalue weighted by Gasteiger charge is -2.43. The minimum Gasteiger partial charge on any atom is -0.444 e. The van der Waals surface area contributed by atoms with Crippen LogP contribution in [0.1, 0.15) is 45.4 Å². The van der Waals surface area contributed by atoms with E-state index in [0.29, 0.717) is 29.8 Å². The third kappa shape index (κ3) is 3.59. The molecule has 2 aliphatic heterocycles. The molecule has 0 aliphatic carbocycles. The quantitative estimate of drug-likeness (QED) is 0.688. The number of carbonyl (C=O) groups excluding carboxylic acids is 1. The van der Waals surface area contributed by atoms with Crippen molar-refractivity contribution >= 4 is 27.8 Å². The zero-order valence-corrected chi connectivity index (χ0v) is 16.3. The van der Waals surface area contributed by atoms with Gasteiger partial charge in [-0.3, -0.25) is 0 Å². The zero-order chi connectivity index (χ0) is 18.5. The summed E-state index contributed by atoms with van der Waals surface area (Å²) in [5.41, 5.74) is 0.148. The molecule has 0 saturated carbocycles. The molecule has 5 nitrogen and oxygen atoms in total. The Morgan fingerprint density at radius 3 is 2.68 bits per heavy atom. The maximum Gasteiger partial charge on any atom is 0.410 e. The van der Waals surface area contributed by atoms with E-state index in [1.807, 2.05) is 27.7 Å². The molecular formula is C17H22BrF2N3O2. The minimum absolute atomic E-state index is 0.0216. The van der Waals surface area contributed by atoms with E-state index in [-0.39, 0.29) is 23.9 Å². The van der Waals surface area contributed by atoms with Gasteiger partial charge in [0.1, 0.15) is 17.1 Å². The summed E-state index contributed by atoms with van der Waals surface area (Å²) in [5, 5.41) is 0. The molecule has 1 amide bonds. The molecule has 0 bridgehead atoms. The van der Waals surface area contributed by atoms with E-state index in [0.717, 1.165) is 5.56 Å². The van der Waals surface area contributed by atoms with Crippen LogP contribution in [0.4, 0.5) is 19.4 Å². The number of anilines is 1. The molecule has 0 aromatic carbocycles. The highest BCUT2D eigenvalue weighted by molar-refractivity contribution is 9.10. The van der Waals surface area contributed by atoms with Crippen molar-refractivity contribution in [2.75, 3.05) is 18.0 Å². The fourth-order valence-corrected chi connectivity index (χ4v) is 4.05. The van der Waals surface area contributed by atoms with Crippen LogP contribution < -0.4 is 4.90 Å². The average molecular weight is 418 g/mol. The van der Waals surface area contributed by atoms with Crippen LogP contribution in [0.25, 0.3) is 0 Å². The van der Waals surface area contributed by atoms with Crippen molar-refractivity contribution in [2.24, 2.45) is 0 Å². The van der Waals surface area contributed by atoms with Gasteiger partial charge in [0.2, 0.25) is 0 Å². The van der Waals surface area contributed by atoms with E-state index in [4.69, 9.17) is 4.74 Å². The van der Waals surface area contributed by atoms with Gasteiger partial charge in [-0.05, 0) is 61.7 Å². The van der Waals surface area contributed by atoms with Crippen molar-refractivity contribution < 1.29 is 18.3 Å². The number of nitrogens with zero attached hydrogens (tertiary/aromatic N) is 3. The predicted molar refractivity (Wildman–Crippen MR) is 94.1 cm³/mol. The lowest BCUT2D eigenvalue weighted by atomic mass is 10.1. The molecule has 2 atom stereocenters. The summed E-state index contributed by atoms with van der Waals surface area (Å²) in [4.78, 5) is 20.4. The van der Waals surface area contributed by atoms with Crippen LogP contribution in [0.15, 0.2) is 10.5 Å². The van der Waals surface area contributed by atoms with Crippen molar-refractivity contribution in [1.82, 2.24) is 9.88 Å². The second-order valence-electron chi connectivity index (χ2n) is 7.64. The van der Waals surface area contributed by atoms with Crippen LogP contribution in [0.3, 0.4) is 0 Å². The molecule has 0 spiro atoms. The predicted octanol–water partition coefficient (Wildman–Crippen LogP) is 4.15. The van der Waals surface area contributed by atoms with Crippen molar-refractivity contribution in [3.05, 3.63) is 21.8 Å². The second-order valence-corrected chi connectivity index (χ2v) is 8.49. The maximum absolute atomic E-state index is 13.2. The van der Waals surface area contributed by atoms with Crippen LogP contribution >= 0.6 is 15.9 Å². The number of carbonyl (C=O) groups is 1. The number of hydrogen-bond acceptors (Lipinski definition) is 4. The average Bonchev–Trinajstić information content (AvgIpc) is 2.81. The molecule has 0 radical (unpaired) electrons. The number of hydrogen-bond donors (Lipinski definition) is 0. The number of alkyl halides is 2. The molecule has 25 heavy (non-hydrogen) atoms. The Labute approximate surface area is 154 Å². The zero-order valence-electron chi connectivity index (χ0n) is 14.7. The normalized spacial score (nSPS) is 22.9. The Hall–Kier alpha value is -1.44. The van der Waals surface area contributed by atoms with E-state index in [1.54, 1.807) is 11.0 Å². The number of halogens is 3. The van der Waals surface area contributed by atoms with E-state index < -0.39 is 12.0 Å². The Bertz CT molecular complexity index is 693. The molecule has 0 unspecified atom stereocenters. The van der Waals surface area contributed by atoms with Crippen molar-refractivity contribution in [3.8, 4) is 0 Å². The van der Waals surface area contributed by atoms with Crippen LogP contribution in [0, 0.1) is 0 Å². The van der Waals surface area contributed by atoms with Gasteiger partial charge in [-0.2, -0.15) is 0 Å². The van der Waals surface area contributed by atoms with Crippen molar-refractivity contribution in [3.63, 3.8) is 0 Å². The Balaban J connectivity index is 1.83. The lowest BCUT2D eigenvalue weighted by molar-refractivity contribution is 0.0191. The van der Waals surface area contributed by atoms with Gasteiger partial charge in [-0.1, -0.05) is 0 Å². The Morgan fingerprint density at radius 1 is 1.40 bits per heavy atom. The van der Waals surface area contributed by atoms with Crippen LogP contribution in [-0.2, 0) is 11.2 Å². The molecule has 8 heteroatoms. The van der Waals surface area contributed by atoms with Crippen LogP contribution in [0.2, 0.25) is 0 Å². The number of fused-ring (bicyclic) bond motifs is 3. The van der Waals surface area contributed by atoms with Gasteiger partial charge < -0.3 is 14.5 Å². The minimum atomic E-state index is -2.63. The van der Waals surface area contributed by atoms with Gasteiger partial charge in [0, 0.05) is 23.6 Å². The van der Waals surface area contributed by atoms with Gasteiger partial charge in [0.25, 0.3) is 6.43 Å². The summed E-state index contributed by atoms with van der Waals surface area (Å²) < 4.78 is 32.1. The third-order valence-electron chi connectivity index (χ3n) is 4.40. The van der Waals surface area contributed by atoms with Crippen molar-refractivity contribution in [1.29, 1.82) is 0 Å². The molecule has 2 aliphatic rings. The largest absolute Gasteiger partial charge is 0.444 e. The molecule has 3 heterocycles. The summed E-state index contributed by atoms with van der Waals surface area (Å²) in [6, 6.07) is 1.73. The van der Waals surface area contributed by atoms with Crippen LogP contribution in [-0.4, -0.2) is 46.8 Å². The number of amides is 1. The fraction of sp³-hybridized carbons (Fsp3) is 0.647. The monoisotopic (exact) mass is 417 g/mol. The van der Waals surface area contributed by atoms with E-state index >= 15 is 0 Å². The third-order valence-corrected chi connectivity index (χ3v) is 5.04. The lowest BCUT2D eigenvalue weighted by Crippen LogP contribution is -2.58. The highest BCUT2D eigenvalue weighted by Gasteiger charge is 2.42. The summed E-state index contributed by atoms with van der Waals surface area (Å²) in [5.74, 6) is 0.611. The molecule has 1 aromatic heterocycles. The molecular weight excluding hydrogens is 396 g/mol. The molecule has 1 saturated heterocycles.